The number of benzene rings is 1. The number of hydrogen-bond acceptors (Lipinski definition) is 6. The summed E-state index contributed by atoms with van der Waals surface area (Å²) in [7, 11) is 0. The van der Waals surface area contributed by atoms with E-state index in [1.165, 1.54) is 0 Å². The highest BCUT2D eigenvalue weighted by Crippen LogP contribution is 2.24. The van der Waals surface area contributed by atoms with Gasteiger partial charge in [0.05, 0.1) is 0 Å². The quantitative estimate of drug-likeness (QED) is 0.870. The molecule has 0 saturated heterocycles. The minimum atomic E-state index is -0.242. The summed E-state index contributed by atoms with van der Waals surface area (Å²) in [4.78, 5) is 0. The monoisotopic (exact) mass is 315 g/mol. The summed E-state index contributed by atoms with van der Waals surface area (Å²) in [6, 6.07) is 12.6. The van der Waals surface area contributed by atoms with Gasteiger partial charge >= 0.3 is 0 Å². The lowest BCUT2D eigenvalue weighted by molar-refractivity contribution is 0.526. The fraction of sp³-hybridized carbons (Fsp3) is 0.235. The van der Waals surface area contributed by atoms with Gasteiger partial charge in [0.15, 0.2) is 11.4 Å². The Morgan fingerprint density at radius 1 is 1.00 bits per heavy atom. The Hall–Kier alpha value is -3.63. The van der Waals surface area contributed by atoms with Crippen molar-refractivity contribution in [3.05, 3.63) is 41.4 Å². The van der Waals surface area contributed by atoms with Crippen LogP contribution >= 0.6 is 0 Å². The van der Waals surface area contributed by atoms with Crippen LogP contribution < -0.4 is 5.32 Å². The van der Waals surface area contributed by atoms with E-state index in [1.807, 2.05) is 18.2 Å². The number of anilines is 1. The zero-order chi connectivity index (χ0) is 16.9. The van der Waals surface area contributed by atoms with Gasteiger partial charge in [-0.1, -0.05) is 0 Å². The van der Waals surface area contributed by atoms with Crippen molar-refractivity contribution in [1.82, 2.24) is 14.8 Å². The van der Waals surface area contributed by atoms with Crippen molar-refractivity contribution in [2.24, 2.45) is 0 Å². The molecule has 2 aromatic rings. The van der Waals surface area contributed by atoms with Gasteiger partial charge in [0, 0.05) is 24.2 Å². The fourth-order valence-corrected chi connectivity index (χ4v) is 2.65. The number of hydrogen-bond donors (Lipinski definition) is 1. The number of nitrogens with one attached hydrogen (secondary N) is 1. The van der Waals surface area contributed by atoms with Crippen LogP contribution in [0.25, 0.3) is 11.4 Å². The van der Waals surface area contributed by atoms with E-state index >= 15 is 0 Å². The van der Waals surface area contributed by atoms with E-state index in [4.69, 9.17) is 15.8 Å². The Morgan fingerprint density at radius 2 is 1.75 bits per heavy atom. The highest BCUT2D eigenvalue weighted by Gasteiger charge is 2.16. The molecule has 0 radical (unpaired) electrons. The molecule has 3 rings (SSSR count). The van der Waals surface area contributed by atoms with Crippen molar-refractivity contribution in [3.8, 4) is 29.6 Å². The first-order chi connectivity index (χ1) is 11.8. The third-order valence-electron chi connectivity index (χ3n) is 3.86. The summed E-state index contributed by atoms with van der Waals surface area (Å²) in [5.41, 5.74) is 1.25. The molecule has 1 aliphatic heterocycles. The summed E-state index contributed by atoms with van der Waals surface area (Å²) in [6.45, 7) is 0.923. The van der Waals surface area contributed by atoms with Crippen molar-refractivity contribution in [1.29, 1.82) is 15.8 Å². The fourth-order valence-electron chi connectivity index (χ4n) is 2.65. The lowest BCUT2D eigenvalue weighted by Crippen LogP contribution is -2.11. The Kier molecular flexibility index (Phi) is 4.23. The van der Waals surface area contributed by atoms with Gasteiger partial charge in [0.2, 0.25) is 0 Å². The van der Waals surface area contributed by atoms with Crippen LogP contribution in [0.2, 0.25) is 0 Å². The number of aromatic nitrogens is 3. The molecule has 1 aromatic carbocycles. The molecule has 1 N–H and O–H groups in total. The molecular weight excluding hydrogens is 302 g/mol. The maximum atomic E-state index is 9.06. The van der Waals surface area contributed by atoms with E-state index in [9.17, 15) is 0 Å². The summed E-state index contributed by atoms with van der Waals surface area (Å²) >= 11 is 0. The van der Waals surface area contributed by atoms with E-state index in [-0.39, 0.29) is 11.3 Å². The predicted molar refractivity (Wildman–Crippen MR) is 85.9 cm³/mol. The van der Waals surface area contributed by atoms with Gasteiger partial charge in [-0.15, -0.1) is 10.2 Å². The van der Waals surface area contributed by atoms with Crippen LogP contribution in [0.15, 0.2) is 35.5 Å². The van der Waals surface area contributed by atoms with Gasteiger partial charge in [-0.25, -0.2) is 0 Å². The summed E-state index contributed by atoms with van der Waals surface area (Å²) < 4.78 is 2.13. The average molecular weight is 315 g/mol. The third kappa shape index (κ3) is 2.82. The van der Waals surface area contributed by atoms with Crippen LogP contribution in [-0.4, -0.2) is 14.8 Å². The zero-order valence-electron chi connectivity index (χ0n) is 12.8. The van der Waals surface area contributed by atoms with Gasteiger partial charge in [-0.05, 0) is 37.1 Å². The van der Waals surface area contributed by atoms with Crippen molar-refractivity contribution in [2.45, 2.75) is 25.8 Å². The average Bonchev–Trinajstić information content (AvgIpc) is 3.06. The second kappa shape index (κ2) is 6.64. The molecule has 1 aliphatic rings. The first kappa shape index (κ1) is 15.3. The van der Waals surface area contributed by atoms with Gasteiger partial charge < -0.3 is 9.88 Å². The first-order valence-corrected chi connectivity index (χ1v) is 7.51. The van der Waals surface area contributed by atoms with E-state index < -0.39 is 0 Å². The second-order valence-corrected chi connectivity index (χ2v) is 5.34. The van der Waals surface area contributed by atoms with Crippen molar-refractivity contribution < 1.29 is 0 Å². The first-order valence-electron chi connectivity index (χ1n) is 7.51. The van der Waals surface area contributed by atoms with Gasteiger partial charge in [-0.2, -0.15) is 15.8 Å². The molecule has 0 unspecified atom stereocenters. The topological polar surface area (TPSA) is 114 Å². The minimum Gasteiger partial charge on any atom is -0.345 e. The minimum absolute atomic E-state index is 0.0624. The standard InChI is InChI=1S/C17H13N7/c18-9-13(10-19)15(11-20)21-14-6-4-12(5-7-14)17-23-22-16-3-1-2-8-24(16)17/h4-7,21H,1-3,8H2. The van der Waals surface area contributed by atoms with Crippen molar-refractivity contribution in [2.75, 3.05) is 5.32 Å². The van der Waals surface area contributed by atoms with Crippen molar-refractivity contribution in [3.63, 3.8) is 0 Å². The zero-order valence-corrected chi connectivity index (χ0v) is 12.8. The molecule has 116 valence electrons. The molecule has 0 spiro atoms. The molecule has 0 fully saturated rings. The third-order valence-corrected chi connectivity index (χ3v) is 3.86. The molecular formula is C17H13N7. The maximum absolute atomic E-state index is 9.06. The van der Waals surface area contributed by atoms with Gasteiger partial charge in [0.25, 0.3) is 0 Å². The summed E-state index contributed by atoms with van der Waals surface area (Å²) in [5, 5.41) is 38.1. The van der Waals surface area contributed by atoms with E-state index in [0.717, 1.165) is 43.0 Å². The highest BCUT2D eigenvalue weighted by atomic mass is 15.3. The SMILES string of the molecule is N#CC(C#N)=C(C#N)Nc1ccc(-c2nnc3n2CCCC3)cc1. The molecule has 0 atom stereocenters. The Bertz CT molecular complexity index is 898. The second-order valence-electron chi connectivity index (χ2n) is 5.34. The summed E-state index contributed by atoms with van der Waals surface area (Å²) in [5.74, 6) is 1.85. The highest BCUT2D eigenvalue weighted by molar-refractivity contribution is 5.63. The molecule has 7 heteroatoms. The van der Waals surface area contributed by atoms with Crippen LogP contribution in [0.4, 0.5) is 5.69 Å². The summed E-state index contributed by atoms with van der Waals surface area (Å²) in [6.07, 6.45) is 3.22. The largest absolute Gasteiger partial charge is 0.345 e. The number of fused-ring (bicyclic) bond motifs is 1. The number of nitrogens with zero attached hydrogens (tertiary/aromatic N) is 6. The van der Waals surface area contributed by atoms with E-state index in [0.29, 0.717) is 5.69 Å². The Balaban J connectivity index is 1.86. The van der Waals surface area contributed by atoms with E-state index in [1.54, 1.807) is 24.3 Å². The molecule has 0 bridgehead atoms. The molecule has 0 saturated carbocycles. The van der Waals surface area contributed by atoms with Crippen LogP contribution in [0, 0.1) is 34.0 Å². The number of allylic oxidation sites excluding steroid dienone is 2. The predicted octanol–water partition coefficient (Wildman–Crippen LogP) is 2.52. The number of aryl methyl sites for hydroxylation is 1. The molecule has 24 heavy (non-hydrogen) atoms. The molecule has 1 aromatic heterocycles. The molecule has 7 nitrogen and oxygen atoms in total. The smallest absolute Gasteiger partial charge is 0.163 e. The number of rotatable bonds is 3. The Morgan fingerprint density at radius 3 is 2.42 bits per heavy atom. The van der Waals surface area contributed by atoms with Crippen LogP contribution in [-0.2, 0) is 13.0 Å². The van der Waals surface area contributed by atoms with Crippen LogP contribution in [0.3, 0.4) is 0 Å². The lowest BCUT2D eigenvalue weighted by Gasteiger charge is -2.14. The van der Waals surface area contributed by atoms with E-state index in [2.05, 4.69) is 20.1 Å². The normalized spacial score (nSPS) is 12.2. The Labute approximate surface area is 139 Å². The van der Waals surface area contributed by atoms with Gasteiger partial charge in [0.1, 0.15) is 29.7 Å². The van der Waals surface area contributed by atoms with Gasteiger partial charge in [-0.3, -0.25) is 0 Å². The van der Waals surface area contributed by atoms with Crippen molar-refractivity contribution >= 4 is 5.69 Å². The number of nitriles is 3. The lowest BCUT2D eigenvalue weighted by atomic mass is 10.1. The molecule has 0 aliphatic carbocycles. The molecule has 0 amide bonds. The maximum Gasteiger partial charge on any atom is 0.163 e. The van der Waals surface area contributed by atoms with Crippen LogP contribution in [0.5, 0.6) is 0 Å². The molecule has 2 heterocycles. The van der Waals surface area contributed by atoms with Crippen LogP contribution in [0.1, 0.15) is 18.7 Å².